The van der Waals surface area contributed by atoms with Crippen molar-refractivity contribution in [2.45, 2.75) is 24.2 Å². The van der Waals surface area contributed by atoms with Gasteiger partial charge in [0.05, 0.1) is 0 Å². The zero-order chi connectivity index (χ0) is 24.5. The Morgan fingerprint density at radius 1 is 0.886 bits per heavy atom. The third-order valence-corrected chi connectivity index (χ3v) is 6.97. The maximum Gasteiger partial charge on any atom is 0.222 e. The summed E-state index contributed by atoms with van der Waals surface area (Å²) in [6, 6.07) is 29.9. The first-order chi connectivity index (χ1) is 17.1. The Hall–Kier alpha value is -3.57. The lowest BCUT2D eigenvalue weighted by molar-refractivity contribution is -0.129. The van der Waals surface area contributed by atoms with Gasteiger partial charge in [0.1, 0.15) is 5.75 Å². The first-order valence-electron chi connectivity index (χ1n) is 11.9. The highest BCUT2D eigenvalue weighted by molar-refractivity contribution is 7.99. The summed E-state index contributed by atoms with van der Waals surface area (Å²) in [4.78, 5) is 19.8. The Kier molecular flexibility index (Phi) is 8.58. The molecule has 1 heterocycles. The van der Waals surface area contributed by atoms with Gasteiger partial charge in [0.15, 0.2) is 0 Å². The van der Waals surface area contributed by atoms with Gasteiger partial charge in [-0.2, -0.15) is 0 Å². The second-order valence-corrected chi connectivity index (χ2v) is 9.61. The van der Waals surface area contributed by atoms with E-state index in [1.54, 1.807) is 22.9 Å². The van der Waals surface area contributed by atoms with E-state index in [2.05, 4.69) is 4.98 Å². The smallest absolute Gasteiger partial charge is 0.222 e. The number of pyridine rings is 1. The highest BCUT2D eigenvalue weighted by Gasteiger charge is 2.14. The Morgan fingerprint density at radius 2 is 1.49 bits per heavy atom. The van der Waals surface area contributed by atoms with Crippen molar-refractivity contribution in [1.29, 1.82) is 0 Å². The second kappa shape index (κ2) is 12.2. The number of aromatic hydroxyl groups is 1. The van der Waals surface area contributed by atoms with Crippen LogP contribution in [0.3, 0.4) is 0 Å². The molecule has 4 rings (SSSR count). The highest BCUT2D eigenvalue weighted by Crippen LogP contribution is 2.41. The van der Waals surface area contributed by atoms with Gasteiger partial charge in [0, 0.05) is 54.3 Å². The second-order valence-electron chi connectivity index (χ2n) is 8.44. The molecule has 1 N–H and O–H groups in total. The van der Waals surface area contributed by atoms with E-state index < -0.39 is 0 Å². The summed E-state index contributed by atoms with van der Waals surface area (Å²) in [7, 11) is 1.86. The molecule has 0 aliphatic rings. The van der Waals surface area contributed by atoms with Crippen molar-refractivity contribution in [1.82, 2.24) is 9.88 Å². The molecule has 0 spiro atoms. The lowest BCUT2D eigenvalue weighted by atomic mass is 9.97. The fourth-order valence-corrected chi connectivity index (χ4v) is 4.85. The lowest BCUT2D eigenvalue weighted by Crippen LogP contribution is -2.28. The monoisotopic (exact) mass is 482 g/mol. The van der Waals surface area contributed by atoms with E-state index in [1.807, 2.05) is 98.0 Å². The van der Waals surface area contributed by atoms with Crippen molar-refractivity contribution in [3.63, 3.8) is 0 Å². The van der Waals surface area contributed by atoms with Crippen LogP contribution in [-0.2, 0) is 11.2 Å². The maximum atomic E-state index is 12.6. The molecule has 5 heteroatoms. The number of thioether (sulfide) groups is 1. The molecule has 0 radical (unpaired) electrons. The normalized spacial score (nSPS) is 10.8. The number of aromatic nitrogens is 1. The fraction of sp³-hybridized carbons (Fsp3) is 0.200. The van der Waals surface area contributed by atoms with Crippen LogP contribution in [0.15, 0.2) is 102 Å². The van der Waals surface area contributed by atoms with Gasteiger partial charge in [-0.15, -0.1) is 11.8 Å². The van der Waals surface area contributed by atoms with Crippen LogP contribution in [-0.4, -0.2) is 40.2 Å². The van der Waals surface area contributed by atoms with Gasteiger partial charge in [0.25, 0.3) is 0 Å². The molecule has 0 bridgehead atoms. The number of rotatable bonds is 10. The van der Waals surface area contributed by atoms with Gasteiger partial charge >= 0.3 is 0 Å². The molecule has 178 valence electrons. The minimum absolute atomic E-state index is 0.155. The molecular formula is C30H30N2O2S. The quantitative estimate of drug-likeness (QED) is 0.202. The average Bonchev–Trinajstić information content (AvgIpc) is 2.91. The standard InChI is InChI=1S/C30H30N2O2S/c1-32(19-17-25-15-8-9-18-31-25)29(33)16-10-20-35-26-21-27(23-11-4-2-5-12-23)30(34)28(22-26)24-13-6-3-7-14-24/h2-9,11-15,18,21-22,34H,10,16-17,19-20H2,1H3. The van der Waals surface area contributed by atoms with Gasteiger partial charge < -0.3 is 10.0 Å². The van der Waals surface area contributed by atoms with E-state index in [4.69, 9.17) is 0 Å². The molecule has 0 aliphatic heterocycles. The number of hydrogen-bond donors (Lipinski definition) is 1. The minimum atomic E-state index is 0.155. The SMILES string of the molecule is CN(CCc1ccccn1)C(=O)CCCSc1cc(-c2ccccc2)c(O)c(-c2ccccc2)c1. The molecular weight excluding hydrogens is 452 g/mol. The number of benzene rings is 3. The summed E-state index contributed by atoms with van der Waals surface area (Å²) in [6.45, 7) is 0.668. The predicted octanol–water partition coefficient (Wildman–Crippen LogP) is 6.69. The third-order valence-electron chi connectivity index (χ3n) is 5.91. The summed E-state index contributed by atoms with van der Waals surface area (Å²) in [6.07, 6.45) is 3.85. The van der Waals surface area contributed by atoms with E-state index in [0.717, 1.165) is 51.4 Å². The molecule has 35 heavy (non-hydrogen) atoms. The van der Waals surface area contributed by atoms with Crippen LogP contribution in [0.4, 0.5) is 0 Å². The largest absolute Gasteiger partial charge is 0.507 e. The van der Waals surface area contributed by atoms with Crippen molar-refractivity contribution >= 4 is 17.7 Å². The first kappa shape index (κ1) is 24.6. The Labute approximate surface area is 211 Å². The molecule has 1 amide bonds. The minimum Gasteiger partial charge on any atom is -0.507 e. The van der Waals surface area contributed by atoms with Crippen molar-refractivity contribution in [2.24, 2.45) is 0 Å². The number of phenols is 1. The molecule has 0 saturated carbocycles. The van der Waals surface area contributed by atoms with E-state index >= 15 is 0 Å². The van der Waals surface area contributed by atoms with Crippen molar-refractivity contribution < 1.29 is 9.90 Å². The first-order valence-corrected chi connectivity index (χ1v) is 12.8. The zero-order valence-electron chi connectivity index (χ0n) is 19.9. The molecule has 4 nitrogen and oxygen atoms in total. The van der Waals surface area contributed by atoms with Crippen LogP contribution in [0.1, 0.15) is 18.5 Å². The summed E-state index contributed by atoms with van der Waals surface area (Å²) in [5.74, 6) is 1.27. The third kappa shape index (κ3) is 6.74. The van der Waals surface area contributed by atoms with Gasteiger partial charge in [-0.25, -0.2) is 0 Å². The Morgan fingerprint density at radius 3 is 2.06 bits per heavy atom. The average molecular weight is 483 g/mol. The fourth-order valence-electron chi connectivity index (χ4n) is 3.92. The summed E-state index contributed by atoms with van der Waals surface area (Å²) >= 11 is 1.72. The predicted molar refractivity (Wildman–Crippen MR) is 145 cm³/mol. The number of hydrogen-bond acceptors (Lipinski definition) is 4. The van der Waals surface area contributed by atoms with Crippen molar-refractivity contribution in [3.05, 3.63) is 103 Å². The van der Waals surface area contributed by atoms with Crippen LogP contribution < -0.4 is 0 Å². The number of carbonyl (C=O) groups excluding carboxylic acids is 1. The molecule has 3 aromatic carbocycles. The van der Waals surface area contributed by atoms with Crippen LogP contribution in [0.25, 0.3) is 22.3 Å². The molecule has 0 fully saturated rings. The van der Waals surface area contributed by atoms with E-state index in [1.165, 1.54) is 0 Å². The molecule has 0 saturated heterocycles. The number of carbonyl (C=O) groups is 1. The van der Waals surface area contributed by atoms with Crippen LogP contribution in [0.5, 0.6) is 5.75 Å². The lowest BCUT2D eigenvalue weighted by Gasteiger charge is -2.17. The summed E-state index contributed by atoms with van der Waals surface area (Å²) < 4.78 is 0. The van der Waals surface area contributed by atoms with Crippen molar-refractivity contribution in [2.75, 3.05) is 19.3 Å². The zero-order valence-corrected chi connectivity index (χ0v) is 20.7. The van der Waals surface area contributed by atoms with Gasteiger partial charge in [-0.3, -0.25) is 9.78 Å². The van der Waals surface area contributed by atoms with Gasteiger partial charge in [0.2, 0.25) is 5.91 Å². The van der Waals surface area contributed by atoms with E-state index in [9.17, 15) is 9.90 Å². The summed E-state index contributed by atoms with van der Waals surface area (Å²) in [5.41, 5.74) is 4.60. The number of phenolic OH excluding ortho intramolecular Hbond substituents is 1. The molecule has 0 unspecified atom stereocenters. The number of amides is 1. The Bertz CT molecular complexity index is 1170. The van der Waals surface area contributed by atoms with Crippen molar-refractivity contribution in [3.8, 4) is 28.0 Å². The molecule has 0 atom stereocenters. The number of likely N-dealkylation sites (N-methyl/N-ethyl adjacent to an activating group) is 1. The molecule has 1 aromatic heterocycles. The molecule has 4 aromatic rings. The van der Waals surface area contributed by atoms with Gasteiger partial charge in [-0.1, -0.05) is 66.7 Å². The maximum absolute atomic E-state index is 12.6. The van der Waals surface area contributed by atoms with Crippen LogP contribution in [0.2, 0.25) is 0 Å². The highest BCUT2D eigenvalue weighted by atomic mass is 32.2. The van der Waals surface area contributed by atoms with Crippen LogP contribution in [0, 0.1) is 0 Å². The van der Waals surface area contributed by atoms with Gasteiger partial charge in [-0.05, 0) is 47.6 Å². The van der Waals surface area contributed by atoms with E-state index in [-0.39, 0.29) is 11.7 Å². The Balaban J connectivity index is 1.39. The number of nitrogens with zero attached hydrogens (tertiary/aromatic N) is 2. The van der Waals surface area contributed by atoms with E-state index in [0.29, 0.717) is 13.0 Å². The molecule has 0 aliphatic carbocycles. The topological polar surface area (TPSA) is 53.4 Å². The van der Waals surface area contributed by atoms with Crippen LogP contribution >= 0.6 is 11.8 Å². The summed E-state index contributed by atoms with van der Waals surface area (Å²) in [5, 5.41) is 11.1.